The van der Waals surface area contributed by atoms with Crippen molar-refractivity contribution < 1.29 is 19.7 Å². The number of thioether (sulfide) groups is 1. The van der Waals surface area contributed by atoms with Crippen LogP contribution in [0.1, 0.15) is 11.1 Å². The Morgan fingerprint density at radius 1 is 1.22 bits per heavy atom. The van der Waals surface area contributed by atoms with Crippen molar-refractivity contribution in [3.8, 4) is 11.4 Å². The minimum absolute atomic E-state index is 0.0263. The zero-order valence-electron chi connectivity index (χ0n) is 17.0. The molecule has 0 aliphatic carbocycles. The van der Waals surface area contributed by atoms with E-state index in [1.807, 2.05) is 24.3 Å². The first-order valence-electron chi connectivity index (χ1n) is 9.94. The van der Waals surface area contributed by atoms with Crippen molar-refractivity contribution in [1.82, 2.24) is 20.3 Å². The molecule has 32 heavy (non-hydrogen) atoms. The van der Waals surface area contributed by atoms with Gasteiger partial charge in [-0.2, -0.15) is 9.97 Å². The van der Waals surface area contributed by atoms with Crippen LogP contribution >= 0.6 is 23.4 Å². The number of halogens is 1. The van der Waals surface area contributed by atoms with Gasteiger partial charge in [-0.05, 0) is 28.0 Å². The number of hydrogen-bond donors (Lipinski definition) is 4. The lowest BCUT2D eigenvalue weighted by molar-refractivity contribution is -0.118. The van der Waals surface area contributed by atoms with Gasteiger partial charge in [0.1, 0.15) is 0 Å². The Bertz CT molecular complexity index is 1160. The summed E-state index contributed by atoms with van der Waals surface area (Å²) in [6.07, 6.45) is 0. The van der Waals surface area contributed by atoms with Gasteiger partial charge in [-0.15, -0.1) is 0 Å². The van der Waals surface area contributed by atoms with Gasteiger partial charge in [-0.1, -0.05) is 41.6 Å². The SMILES string of the molecule is Nc1nc(SCC(=O)NCC(CO)CO)nc(-c2c(Cl)cc3c4c(cccc24)COC3)n1. The van der Waals surface area contributed by atoms with Crippen molar-refractivity contribution in [1.29, 1.82) is 0 Å². The highest BCUT2D eigenvalue weighted by Gasteiger charge is 2.21. The minimum atomic E-state index is -0.399. The smallest absolute Gasteiger partial charge is 0.230 e. The maximum absolute atomic E-state index is 12.1. The number of nitrogen functional groups attached to an aromatic ring is 1. The summed E-state index contributed by atoms with van der Waals surface area (Å²) in [6, 6.07) is 7.78. The number of hydrogen-bond acceptors (Lipinski definition) is 9. The van der Waals surface area contributed by atoms with Crippen molar-refractivity contribution in [2.75, 3.05) is 31.2 Å². The summed E-state index contributed by atoms with van der Waals surface area (Å²) in [4.78, 5) is 25.0. The summed E-state index contributed by atoms with van der Waals surface area (Å²) in [6.45, 7) is 0.763. The van der Waals surface area contributed by atoms with Crippen LogP contribution in [0, 0.1) is 5.92 Å². The molecule has 0 radical (unpaired) electrons. The van der Waals surface area contributed by atoms with Crippen LogP contribution in [0.4, 0.5) is 5.95 Å². The first-order chi connectivity index (χ1) is 15.5. The molecular formula is C21H22ClN5O4S. The van der Waals surface area contributed by atoms with Crippen molar-refractivity contribution in [2.24, 2.45) is 5.92 Å². The largest absolute Gasteiger partial charge is 0.396 e. The highest BCUT2D eigenvalue weighted by atomic mass is 35.5. The Kier molecular flexibility index (Phi) is 7.07. The molecule has 4 rings (SSSR count). The number of aliphatic hydroxyl groups is 2. The quantitative estimate of drug-likeness (QED) is 0.358. The van der Waals surface area contributed by atoms with E-state index in [0.717, 1.165) is 33.7 Å². The molecule has 0 saturated heterocycles. The summed E-state index contributed by atoms with van der Waals surface area (Å²) >= 11 is 7.73. The predicted octanol–water partition coefficient (Wildman–Crippen LogP) is 1.77. The number of carbonyl (C=O) groups excluding carboxylic acids is 1. The molecule has 0 unspecified atom stereocenters. The molecule has 0 saturated carbocycles. The highest BCUT2D eigenvalue weighted by molar-refractivity contribution is 7.99. The van der Waals surface area contributed by atoms with Crippen LogP contribution in [-0.4, -0.2) is 56.6 Å². The molecule has 1 amide bonds. The van der Waals surface area contributed by atoms with E-state index in [4.69, 9.17) is 32.3 Å². The Morgan fingerprint density at radius 2 is 2.00 bits per heavy atom. The van der Waals surface area contributed by atoms with Gasteiger partial charge in [0.05, 0.1) is 24.0 Å². The molecule has 0 bridgehead atoms. The fourth-order valence-corrected chi connectivity index (χ4v) is 4.51. The molecule has 0 fully saturated rings. The number of aromatic nitrogens is 3. The van der Waals surface area contributed by atoms with Gasteiger partial charge in [0, 0.05) is 31.2 Å². The molecule has 11 heteroatoms. The van der Waals surface area contributed by atoms with E-state index in [2.05, 4.69) is 20.3 Å². The average molecular weight is 476 g/mol. The summed E-state index contributed by atoms with van der Waals surface area (Å²) in [5.74, 6) is -0.271. The lowest BCUT2D eigenvalue weighted by atomic mass is 9.94. The van der Waals surface area contributed by atoms with E-state index < -0.39 is 5.92 Å². The van der Waals surface area contributed by atoms with Gasteiger partial charge in [0.15, 0.2) is 11.0 Å². The summed E-state index contributed by atoms with van der Waals surface area (Å²) in [5, 5.41) is 23.6. The second-order valence-electron chi connectivity index (χ2n) is 7.35. The molecule has 2 aromatic carbocycles. The van der Waals surface area contributed by atoms with E-state index in [9.17, 15) is 4.79 Å². The minimum Gasteiger partial charge on any atom is -0.396 e. The molecule has 5 N–H and O–H groups in total. The lowest BCUT2D eigenvalue weighted by Gasteiger charge is -2.20. The van der Waals surface area contributed by atoms with E-state index in [0.29, 0.717) is 34.8 Å². The van der Waals surface area contributed by atoms with Gasteiger partial charge in [0.25, 0.3) is 0 Å². The van der Waals surface area contributed by atoms with Gasteiger partial charge >= 0.3 is 0 Å². The number of rotatable bonds is 8. The van der Waals surface area contributed by atoms with Gasteiger partial charge in [-0.3, -0.25) is 4.79 Å². The number of aliphatic hydroxyl groups excluding tert-OH is 2. The molecule has 3 aromatic rings. The van der Waals surface area contributed by atoms with Crippen LogP contribution in [0.2, 0.25) is 5.02 Å². The second-order valence-corrected chi connectivity index (χ2v) is 8.70. The van der Waals surface area contributed by atoms with Gasteiger partial charge in [0.2, 0.25) is 11.9 Å². The Hall–Kier alpha value is -2.50. The third-order valence-electron chi connectivity index (χ3n) is 5.09. The fraction of sp³-hybridized carbons (Fsp3) is 0.333. The molecule has 9 nitrogen and oxygen atoms in total. The highest BCUT2D eigenvalue weighted by Crippen LogP contribution is 2.39. The average Bonchev–Trinajstić information content (AvgIpc) is 2.78. The summed E-state index contributed by atoms with van der Waals surface area (Å²) in [5.41, 5.74) is 8.67. The van der Waals surface area contributed by atoms with E-state index in [1.54, 1.807) is 0 Å². The molecule has 168 valence electrons. The van der Waals surface area contributed by atoms with Crippen molar-refractivity contribution in [2.45, 2.75) is 18.4 Å². The van der Waals surface area contributed by atoms with E-state index >= 15 is 0 Å². The number of ether oxygens (including phenoxy) is 1. The summed E-state index contributed by atoms with van der Waals surface area (Å²) in [7, 11) is 0. The maximum atomic E-state index is 12.1. The molecule has 0 spiro atoms. The molecule has 2 heterocycles. The third kappa shape index (κ3) is 4.79. The standard InChI is InChI=1S/C21H22ClN5O4S/c22-15-4-13-9-31-8-12-2-1-3-14(17(12)13)18(15)19-25-20(23)27-21(26-19)32-10-16(30)24-5-11(6-28)7-29/h1-4,11,28-29H,5-10H2,(H,24,30)(H2,23,25,26,27). The normalized spacial score (nSPS) is 13.0. The number of amides is 1. The number of carbonyl (C=O) groups is 1. The van der Waals surface area contributed by atoms with Crippen LogP contribution < -0.4 is 11.1 Å². The van der Waals surface area contributed by atoms with Crippen LogP contribution in [-0.2, 0) is 22.7 Å². The lowest BCUT2D eigenvalue weighted by Crippen LogP contribution is -2.33. The molecular weight excluding hydrogens is 454 g/mol. The zero-order valence-corrected chi connectivity index (χ0v) is 18.6. The van der Waals surface area contributed by atoms with Crippen molar-refractivity contribution >= 4 is 46.0 Å². The Labute approximate surface area is 193 Å². The topological polar surface area (TPSA) is 143 Å². The first kappa shape index (κ1) is 22.7. The second kappa shape index (κ2) is 9.97. The Balaban J connectivity index is 1.60. The van der Waals surface area contributed by atoms with Crippen LogP contribution in [0.25, 0.3) is 22.2 Å². The van der Waals surface area contributed by atoms with Crippen LogP contribution in [0.15, 0.2) is 29.4 Å². The van der Waals surface area contributed by atoms with Crippen molar-refractivity contribution in [3.05, 3.63) is 40.4 Å². The third-order valence-corrected chi connectivity index (χ3v) is 6.23. The number of benzene rings is 2. The van der Waals surface area contributed by atoms with Crippen LogP contribution in [0.5, 0.6) is 0 Å². The number of nitrogens with two attached hydrogens (primary N) is 1. The van der Waals surface area contributed by atoms with E-state index in [-0.39, 0.29) is 37.4 Å². The molecule has 1 aromatic heterocycles. The number of nitrogens with one attached hydrogen (secondary N) is 1. The van der Waals surface area contributed by atoms with E-state index in [1.165, 1.54) is 0 Å². The molecule has 0 atom stereocenters. The predicted molar refractivity (Wildman–Crippen MR) is 122 cm³/mol. The van der Waals surface area contributed by atoms with Crippen molar-refractivity contribution in [3.63, 3.8) is 0 Å². The first-order valence-corrected chi connectivity index (χ1v) is 11.3. The van der Waals surface area contributed by atoms with Crippen LogP contribution in [0.3, 0.4) is 0 Å². The number of nitrogens with zero attached hydrogens (tertiary/aromatic N) is 3. The zero-order chi connectivity index (χ0) is 22.7. The molecule has 1 aliphatic heterocycles. The summed E-state index contributed by atoms with van der Waals surface area (Å²) < 4.78 is 5.64. The van der Waals surface area contributed by atoms with Gasteiger partial charge < -0.3 is 26.0 Å². The monoisotopic (exact) mass is 475 g/mol. The Morgan fingerprint density at radius 3 is 2.78 bits per heavy atom. The molecule has 1 aliphatic rings. The maximum Gasteiger partial charge on any atom is 0.230 e. The van der Waals surface area contributed by atoms with Gasteiger partial charge in [-0.25, -0.2) is 4.98 Å². The fourth-order valence-electron chi connectivity index (χ4n) is 3.52. The number of anilines is 1.